The van der Waals surface area contributed by atoms with E-state index < -0.39 is 119 Å². The van der Waals surface area contributed by atoms with Gasteiger partial charge in [-0.05, 0) is 19.1 Å². The van der Waals surface area contributed by atoms with Crippen LogP contribution in [0.3, 0.4) is 0 Å². The lowest BCUT2D eigenvalue weighted by Crippen LogP contribution is -2.60. The van der Waals surface area contributed by atoms with Gasteiger partial charge >= 0.3 is 35.8 Å². The zero-order chi connectivity index (χ0) is 39.1. The molecule has 2 heterocycles. The Balaban J connectivity index is 2.15. The Morgan fingerprint density at radius 3 is 1.81 bits per heavy atom. The van der Waals surface area contributed by atoms with E-state index in [1.54, 1.807) is 18.2 Å². The van der Waals surface area contributed by atoms with E-state index in [0.29, 0.717) is 0 Å². The quantitative estimate of drug-likeness (QED) is 0.243. The van der Waals surface area contributed by atoms with Gasteiger partial charge < -0.3 is 38.3 Å². The number of ketones is 1. The molecule has 15 heteroatoms. The molecule has 0 spiro atoms. The largest absolute Gasteiger partial charge is 0.459 e. The van der Waals surface area contributed by atoms with E-state index in [-0.39, 0.29) is 11.1 Å². The smallest absolute Gasteiger partial charge is 0.338 e. The van der Waals surface area contributed by atoms with Gasteiger partial charge in [-0.15, -0.1) is 0 Å². The number of hydrogen-bond donors (Lipinski definition) is 1. The number of Topliss-reactive ketones (excluding diaryl/α,β-unsaturated/α-hetero) is 1. The number of hydrogen-bond acceptors (Lipinski definition) is 15. The van der Waals surface area contributed by atoms with E-state index in [9.17, 15) is 38.7 Å². The predicted octanol–water partition coefficient (Wildman–Crippen LogP) is 2.58. The molecule has 4 rings (SSSR count). The topological polar surface area (TPSA) is 204 Å². The third-order valence-corrected chi connectivity index (χ3v) is 9.88. The highest BCUT2D eigenvalue weighted by molar-refractivity contribution is 5.90. The average Bonchev–Trinajstić information content (AvgIpc) is 3.44. The van der Waals surface area contributed by atoms with Crippen LogP contribution in [0.5, 0.6) is 0 Å². The molecule has 1 aromatic carbocycles. The van der Waals surface area contributed by atoms with Gasteiger partial charge in [0.25, 0.3) is 0 Å². The molecule has 2 unspecified atom stereocenters. The summed E-state index contributed by atoms with van der Waals surface area (Å²) in [6.45, 7) is 15.3. The first-order chi connectivity index (χ1) is 24.0. The molecule has 2 saturated heterocycles. The summed E-state index contributed by atoms with van der Waals surface area (Å²) in [5, 5.41) is 12.0. The molecule has 1 N–H and O–H groups in total. The summed E-state index contributed by atoms with van der Waals surface area (Å²) >= 11 is 0. The van der Waals surface area contributed by atoms with E-state index in [1.165, 1.54) is 39.8 Å². The van der Waals surface area contributed by atoms with Crippen LogP contribution in [0.4, 0.5) is 0 Å². The molecule has 1 aliphatic carbocycles. The number of carbonyl (C=O) groups excluding carboxylic acids is 7. The third-order valence-electron chi connectivity index (χ3n) is 9.88. The second-order valence-electron chi connectivity index (χ2n) is 14.5. The van der Waals surface area contributed by atoms with E-state index in [4.69, 9.17) is 33.2 Å². The lowest BCUT2D eigenvalue weighted by Gasteiger charge is -2.45. The summed E-state index contributed by atoms with van der Waals surface area (Å²) in [7, 11) is 0. The number of benzene rings is 1. The third kappa shape index (κ3) is 7.61. The highest BCUT2D eigenvalue weighted by Gasteiger charge is 2.73. The SMILES string of the molecule is C=C1C(OC(C)=O)[C@H]2[C@@H](OC(C)=O)[C@](C)(O)C[C@]2(OC(C)=O)[C@@H]2O[C@@H](C(=O)[C@H]2C)C(C)(C)C(OC(C)=O)[C@H](OC(=O)c2ccccc2)[C@H]1OC(C)=O. The maximum atomic E-state index is 14.4. The first-order valence-corrected chi connectivity index (χ1v) is 16.8. The highest BCUT2D eigenvalue weighted by atomic mass is 16.6. The molecule has 1 aromatic rings. The maximum Gasteiger partial charge on any atom is 0.338 e. The minimum absolute atomic E-state index is 0.0532. The molecular formula is C37H46O15. The molecule has 1 saturated carbocycles. The van der Waals surface area contributed by atoms with Crippen LogP contribution in [-0.2, 0) is 61.9 Å². The Morgan fingerprint density at radius 1 is 0.769 bits per heavy atom. The van der Waals surface area contributed by atoms with Crippen LogP contribution >= 0.6 is 0 Å². The molecule has 3 fully saturated rings. The lowest BCUT2D eigenvalue weighted by atomic mass is 9.70. The monoisotopic (exact) mass is 730 g/mol. The van der Waals surface area contributed by atoms with Crippen LogP contribution in [0.2, 0.25) is 0 Å². The summed E-state index contributed by atoms with van der Waals surface area (Å²) in [4.78, 5) is 92.5. The van der Waals surface area contributed by atoms with Gasteiger partial charge in [0.15, 0.2) is 29.7 Å². The first kappa shape index (κ1) is 40.1. The van der Waals surface area contributed by atoms with Gasteiger partial charge in [-0.3, -0.25) is 28.8 Å². The summed E-state index contributed by atoms with van der Waals surface area (Å²) in [6.07, 6.45) is -12.0. The van der Waals surface area contributed by atoms with Crippen molar-refractivity contribution in [2.24, 2.45) is 17.3 Å². The molecule has 0 aromatic heterocycles. The van der Waals surface area contributed by atoms with Crippen molar-refractivity contribution < 1.29 is 71.8 Å². The number of aliphatic hydroxyl groups is 1. The second-order valence-corrected chi connectivity index (χ2v) is 14.5. The number of rotatable bonds is 7. The van der Waals surface area contributed by atoms with Gasteiger partial charge in [0.1, 0.15) is 30.0 Å². The molecular weight excluding hydrogens is 684 g/mol. The molecule has 0 radical (unpaired) electrons. The number of fused-ring (bicyclic) bond motifs is 4. The Labute approximate surface area is 301 Å². The lowest BCUT2D eigenvalue weighted by molar-refractivity contribution is -0.213. The summed E-state index contributed by atoms with van der Waals surface area (Å²) in [5.41, 5.74) is -5.97. The highest BCUT2D eigenvalue weighted by Crippen LogP contribution is 2.57. The van der Waals surface area contributed by atoms with Crippen molar-refractivity contribution in [2.45, 2.75) is 123 Å². The standard InChI is InChI=1S/C37H46O15/c1-17-26(43)32-35(8,9)33(49-22(6)41)29(50-34(44)24-14-12-11-13-15-24)28(47-20(4)39)18(2)27(46-19(3)38)25-31(48-21(5)40)36(10,45)16-37(25,30(17)51-32)52-23(7)42/h11-15,17,25,27-33,45H,2,16H2,1,3-10H3/t17-,25+,27?,28+,29-,30-,31-,32+,33?,36-,37-/m1/s1. The van der Waals surface area contributed by atoms with Crippen molar-refractivity contribution in [1.82, 2.24) is 0 Å². The zero-order valence-corrected chi connectivity index (χ0v) is 30.7. The van der Waals surface area contributed by atoms with E-state index in [1.807, 2.05) is 0 Å². The maximum absolute atomic E-state index is 14.4. The average molecular weight is 731 g/mol. The molecule has 15 nitrogen and oxygen atoms in total. The summed E-state index contributed by atoms with van der Waals surface area (Å²) in [6, 6.07) is 7.70. The molecule has 3 aliphatic rings. The molecule has 0 amide bonds. The number of esters is 6. The van der Waals surface area contributed by atoms with Crippen molar-refractivity contribution in [3.8, 4) is 0 Å². The molecule has 2 bridgehead atoms. The molecule has 11 atom stereocenters. The van der Waals surface area contributed by atoms with Crippen LogP contribution in [-0.4, -0.2) is 101 Å². The van der Waals surface area contributed by atoms with Gasteiger partial charge in [0.2, 0.25) is 0 Å². The fourth-order valence-electron chi connectivity index (χ4n) is 8.01. The first-order valence-electron chi connectivity index (χ1n) is 16.8. The zero-order valence-electron chi connectivity index (χ0n) is 30.7. The van der Waals surface area contributed by atoms with Crippen LogP contribution in [0.25, 0.3) is 0 Å². The fraction of sp³-hybridized carbons (Fsp3) is 0.595. The van der Waals surface area contributed by atoms with Crippen molar-refractivity contribution in [1.29, 1.82) is 0 Å². The van der Waals surface area contributed by atoms with E-state index in [0.717, 1.165) is 34.6 Å². The molecule has 284 valence electrons. The van der Waals surface area contributed by atoms with Gasteiger partial charge in [-0.25, -0.2) is 4.79 Å². The number of carbonyl (C=O) groups is 7. The van der Waals surface area contributed by atoms with E-state index >= 15 is 0 Å². The van der Waals surface area contributed by atoms with Gasteiger partial charge in [0, 0.05) is 57.9 Å². The Kier molecular flexibility index (Phi) is 11.4. The minimum atomic E-state index is -2.09. The normalized spacial score (nSPS) is 35.2. The van der Waals surface area contributed by atoms with Gasteiger partial charge in [-0.2, -0.15) is 0 Å². The van der Waals surface area contributed by atoms with Crippen LogP contribution in [0.1, 0.15) is 79.1 Å². The van der Waals surface area contributed by atoms with Crippen molar-refractivity contribution in [3.63, 3.8) is 0 Å². The van der Waals surface area contributed by atoms with Crippen molar-refractivity contribution in [2.75, 3.05) is 0 Å². The summed E-state index contributed by atoms with van der Waals surface area (Å²) in [5.74, 6) is -8.69. The molecule has 2 aliphatic heterocycles. The van der Waals surface area contributed by atoms with Gasteiger partial charge in [0.05, 0.1) is 11.5 Å². The minimum Gasteiger partial charge on any atom is -0.459 e. The van der Waals surface area contributed by atoms with Gasteiger partial charge in [-0.1, -0.05) is 45.5 Å². The second kappa shape index (κ2) is 14.8. The number of ether oxygens (including phenoxy) is 7. The predicted molar refractivity (Wildman–Crippen MR) is 177 cm³/mol. The van der Waals surface area contributed by atoms with Crippen molar-refractivity contribution >= 4 is 41.6 Å². The van der Waals surface area contributed by atoms with Crippen molar-refractivity contribution in [3.05, 3.63) is 48.0 Å². The van der Waals surface area contributed by atoms with E-state index in [2.05, 4.69) is 6.58 Å². The van der Waals surface area contributed by atoms with Crippen LogP contribution in [0.15, 0.2) is 42.5 Å². The van der Waals surface area contributed by atoms with Crippen LogP contribution < -0.4 is 0 Å². The fourth-order valence-corrected chi connectivity index (χ4v) is 8.01. The van der Waals surface area contributed by atoms with Crippen LogP contribution in [0, 0.1) is 17.3 Å². The Bertz CT molecular complexity index is 1630. The summed E-state index contributed by atoms with van der Waals surface area (Å²) < 4.78 is 41.9. The Hall–Kier alpha value is -4.63. The Morgan fingerprint density at radius 2 is 1.29 bits per heavy atom. The molecule has 52 heavy (non-hydrogen) atoms.